The fourth-order valence-corrected chi connectivity index (χ4v) is 0.697. The van der Waals surface area contributed by atoms with Gasteiger partial charge in [0.25, 0.3) is 0 Å². The first-order valence-electron chi connectivity index (χ1n) is 4.06. The van der Waals surface area contributed by atoms with Crippen molar-refractivity contribution < 1.29 is 9.90 Å². The van der Waals surface area contributed by atoms with Gasteiger partial charge >= 0.3 is 0 Å². The number of carbonyl (C=O) groups excluding carboxylic acids is 1. The summed E-state index contributed by atoms with van der Waals surface area (Å²) < 4.78 is 0. The van der Waals surface area contributed by atoms with Crippen LogP contribution in [0.3, 0.4) is 0 Å². The van der Waals surface area contributed by atoms with Crippen molar-refractivity contribution in [1.82, 2.24) is 0 Å². The van der Waals surface area contributed by atoms with Crippen molar-refractivity contribution in [2.45, 2.75) is 32.3 Å². The Hall–Kier alpha value is -0.890. The third kappa shape index (κ3) is 4.09. The Morgan fingerprint density at radius 3 is 2.58 bits per heavy atom. The molecule has 0 amide bonds. The van der Waals surface area contributed by atoms with Crippen molar-refractivity contribution in [3.05, 3.63) is 24.3 Å². The molecule has 0 aromatic heterocycles. The minimum atomic E-state index is -0.899. The van der Waals surface area contributed by atoms with Crippen molar-refractivity contribution in [2.24, 2.45) is 0 Å². The van der Waals surface area contributed by atoms with Crippen molar-refractivity contribution in [3.8, 4) is 0 Å². The van der Waals surface area contributed by atoms with Crippen LogP contribution in [0.25, 0.3) is 0 Å². The zero-order chi connectivity index (χ0) is 9.61. The van der Waals surface area contributed by atoms with Gasteiger partial charge in [-0.15, -0.1) is 6.58 Å². The highest BCUT2D eigenvalue weighted by atomic mass is 16.3. The van der Waals surface area contributed by atoms with Crippen molar-refractivity contribution >= 4 is 6.29 Å². The maximum absolute atomic E-state index is 10.4. The van der Waals surface area contributed by atoms with E-state index in [4.69, 9.17) is 0 Å². The zero-order valence-electron chi connectivity index (χ0n) is 7.71. The second kappa shape index (κ2) is 4.88. The van der Waals surface area contributed by atoms with Crippen LogP contribution in [0.5, 0.6) is 0 Å². The van der Waals surface area contributed by atoms with Gasteiger partial charge in [-0.2, -0.15) is 0 Å². The standard InChI is InChI=1S/C10H16O2/c1-4-9(8-11)6-7-10(3,12)5-2/h5-6,8,12H,2,4,7H2,1,3H3/b9-6+. The molecule has 0 fully saturated rings. The fraction of sp³-hybridized carbons (Fsp3) is 0.500. The molecule has 2 nitrogen and oxygen atoms in total. The SMILES string of the molecule is C=CC(C)(O)C/C=C(/C=O)CC. The lowest BCUT2D eigenvalue weighted by Gasteiger charge is -2.15. The van der Waals surface area contributed by atoms with E-state index in [1.165, 1.54) is 6.08 Å². The molecule has 0 bridgehead atoms. The summed E-state index contributed by atoms with van der Waals surface area (Å²) in [6.07, 6.45) is 5.19. The van der Waals surface area contributed by atoms with Crippen LogP contribution in [0, 0.1) is 0 Å². The van der Waals surface area contributed by atoms with Gasteiger partial charge in [-0.25, -0.2) is 0 Å². The van der Waals surface area contributed by atoms with E-state index in [1.54, 1.807) is 13.0 Å². The van der Waals surface area contributed by atoms with Gasteiger partial charge in [0.2, 0.25) is 0 Å². The molecule has 0 heterocycles. The zero-order valence-corrected chi connectivity index (χ0v) is 7.71. The van der Waals surface area contributed by atoms with Crippen LogP contribution < -0.4 is 0 Å². The summed E-state index contributed by atoms with van der Waals surface area (Å²) in [5.41, 5.74) is -0.180. The highest BCUT2D eigenvalue weighted by Gasteiger charge is 2.12. The van der Waals surface area contributed by atoms with Crippen LogP contribution in [-0.2, 0) is 4.79 Å². The van der Waals surface area contributed by atoms with Crippen molar-refractivity contribution in [2.75, 3.05) is 0 Å². The third-order valence-corrected chi connectivity index (χ3v) is 1.78. The molecule has 0 aliphatic carbocycles. The van der Waals surface area contributed by atoms with Gasteiger partial charge in [-0.1, -0.05) is 19.1 Å². The van der Waals surface area contributed by atoms with Gasteiger partial charge in [-0.3, -0.25) is 4.79 Å². The quantitative estimate of drug-likeness (QED) is 0.386. The van der Waals surface area contributed by atoms with E-state index in [0.29, 0.717) is 12.8 Å². The number of allylic oxidation sites excluding steroid dienone is 1. The van der Waals surface area contributed by atoms with Crippen molar-refractivity contribution in [1.29, 1.82) is 0 Å². The van der Waals surface area contributed by atoms with Crippen LogP contribution in [0.15, 0.2) is 24.3 Å². The number of aliphatic hydroxyl groups is 1. The van der Waals surface area contributed by atoms with Crippen LogP contribution in [0.1, 0.15) is 26.7 Å². The molecule has 68 valence electrons. The van der Waals surface area contributed by atoms with E-state index in [-0.39, 0.29) is 0 Å². The second-order valence-electron chi connectivity index (χ2n) is 3.02. The molecule has 0 radical (unpaired) electrons. The molecule has 0 aromatic carbocycles. The summed E-state index contributed by atoms with van der Waals surface area (Å²) >= 11 is 0. The maximum atomic E-state index is 10.4. The van der Waals surface area contributed by atoms with Gasteiger partial charge in [0.15, 0.2) is 0 Å². The van der Waals surface area contributed by atoms with Gasteiger partial charge in [0.1, 0.15) is 6.29 Å². The van der Waals surface area contributed by atoms with Crippen LogP contribution >= 0.6 is 0 Å². The average molecular weight is 168 g/mol. The van der Waals surface area contributed by atoms with E-state index in [9.17, 15) is 9.90 Å². The highest BCUT2D eigenvalue weighted by molar-refractivity contribution is 5.72. The van der Waals surface area contributed by atoms with Crippen LogP contribution in [0.4, 0.5) is 0 Å². The van der Waals surface area contributed by atoms with Crippen LogP contribution in [0.2, 0.25) is 0 Å². The predicted octanol–water partition coefficient (Wildman–Crippen LogP) is 1.85. The van der Waals surface area contributed by atoms with E-state index < -0.39 is 5.60 Å². The van der Waals surface area contributed by atoms with Crippen molar-refractivity contribution in [3.63, 3.8) is 0 Å². The summed E-state index contributed by atoms with van der Waals surface area (Å²) in [4.78, 5) is 10.4. The van der Waals surface area contributed by atoms with E-state index >= 15 is 0 Å². The Labute approximate surface area is 73.6 Å². The van der Waals surface area contributed by atoms with E-state index in [2.05, 4.69) is 6.58 Å². The Morgan fingerprint density at radius 2 is 2.25 bits per heavy atom. The average Bonchev–Trinajstić information content (AvgIpc) is 2.06. The highest BCUT2D eigenvalue weighted by Crippen LogP contribution is 2.12. The van der Waals surface area contributed by atoms with E-state index in [0.717, 1.165) is 11.9 Å². The molecule has 0 aliphatic rings. The lowest BCUT2D eigenvalue weighted by atomic mass is 10.0. The molecule has 1 atom stereocenters. The third-order valence-electron chi connectivity index (χ3n) is 1.78. The molecule has 0 saturated carbocycles. The molecule has 0 spiro atoms. The van der Waals surface area contributed by atoms with E-state index in [1.807, 2.05) is 6.92 Å². The minimum absolute atomic E-state index is 0.443. The van der Waals surface area contributed by atoms with Gasteiger partial charge in [0.05, 0.1) is 5.60 Å². The molecule has 1 N–H and O–H groups in total. The Balaban J connectivity index is 4.18. The Morgan fingerprint density at radius 1 is 1.67 bits per heavy atom. The second-order valence-corrected chi connectivity index (χ2v) is 3.02. The number of aldehydes is 1. The largest absolute Gasteiger partial charge is 0.386 e. The first-order valence-corrected chi connectivity index (χ1v) is 4.06. The summed E-state index contributed by atoms with van der Waals surface area (Å²) in [5.74, 6) is 0. The normalized spacial score (nSPS) is 16.8. The molecular weight excluding hydrogens is 152 g/mol. The lowest BCUT2D eigenvalue weighted by Crippen LogP contribution is -2.18. The summed E-state index contributed by atoms with van der Waals surface area (Å²) in [6.45, 7) is 7.06. The van der Waals surface area contributed by atoms with Gasteiger partial charge < -0.3 is 5.11 Å². The topological polar surface area (TPSA) is 37.3 Å². The molecule has 2 heteroatoms. The summed E-state index contributed by atoms with van der Waals surface area (Å²) in [5, 5.41) is 9.48. The molecule has 1 unspecified atom stereocenters. The first-order chi connectivity index (χ1) is 5.55. The maximum Gasteiger partial charge on any atom is 0.145 e. The number of rotatable bonds is 5. The predicted molar refractivity (Wildman–Crippen MR) is 49.9 cm³/mol. The number of hydrogen-bond donors (Lipinski definition) is 1. The lowest BCUT2D eigenvalue weighted by molar-refractivity contribution is -0.105. The molecule has 12 heavy (non-hydrogen) atoms. The number of carbonyl (C=O) groups is 1. The molecule has 0 aliphatic heterocycles. The van der Waals surface area contributed by atoms with Gasteiger partial charge in [-0.05, 0) is 25.3 Å². The first kappa shape index (κ1) is 11.1. The smallest absolute Gasteiger partial charge is 0.145 e. The molecule has 0 rings (SSSR count). The monoisotopic (exact) mass is 168 g/mol. The Kier molecular flexibility index (Phi) is 4.52. The van der Waals surface area contributed by atoms with Gasteiger partial charge in [0, 0.05) is 0 Å². The Bertz CT molecular complexity index is 190. The summed E-state index contributed by atoms with van der Waals surface area (Å²) in [7, 11) is 0. The number of hydrogen-bond acceptors (Lipinski definition) is 2. The minimum Gasteiger partial charge on any atom is -0.386 e. The van der Waals surface area contributed by atoms with Crippen LogP contribution in [-0.4, -0.2) is 17.0 Å². The molecular formula is C10H16O2. The molecule has 0 aromatic rings. The summed E-state index contributed by atoms with van der Waals surface area (Å²) in [6, 6.07) is 0. The molecule has 0 saturated heterocycles. The fourth-order valence-electron chi connectivity index (χ4n) is 0.697.